The lowest BCUT2D eigenvalue weighted by Gasteiger charge is -2.31. The molecule has 2 atom stereocenters. The molecule has 0 fully saturated rings. The highest BCUT2D eigenvalue weighted by Gasteiger charge is 2.27. The molecule has 4 nitrogen and oxygen atoms in total. The number of hydrogen-bond acceptors (Lipinski definition) is 3. The lowest BCUT2D eigenvalue weighted by molar-refractivity contribution is -0.131. The number of carbonyl (C=O) groups is 1. The second-order valence-corrected chi connectivity index (χ2v) is 5.13. The summed E-state index contributed by atoms with van der Waals surface area (Å²) >= 11 is 0. The van der Waals surface area contributed by atoms with E-state index in [0.717, 1.165) is 12.8 Å². The van der Waals surface area contributed by atoms with Gasteiger partial charge in [-0.1, -0.05) is 13.3 Å². The van der Waals surface area contributed by atoms with Crippen LogP contribution >= 0.6 is 0 Å². The average molecular weight is 230 g/mol. The van der Waals surface area contributed by atoms with E-state index >= 15 is 0 Å². The Hall–Kier alpha value is -0.610. The SMILES string of the molecule is CCCC(NC(C)(C)C)C(O)C(=O)NCC. The van der Waals surface area contributed by atoms with Gasteiger partial charge < -0.3 is 15.7 Å². The van der Waals surface area contributed by atoms with Gasteiger partial charge >= 0.3 is 0 Å². The number of hydrogen-bond donors (Lipinski definition) is 3. The average Bonchev–Trinajstić information content (AvgIpc) is 2.14. The fourth-order valence-electron chi connectivity index (χ4n) is 1.64. The minimum absolute atomic E-state index is 0.104. The Bertz CT molecular complexity index is 212. The molecule has 16 heavy (non-hydrogen) atoms. The highest BCUT2D eigenvalue weighted by molar-refractivity contribution is 5.81. The summed E-state index contributed by atoms with van der Waals surface area (Å²) < 4.78 is 0. The van der Waals surface area contributed by atoms with E-state index in [4.69, 9.17) is 0 Å². The molecule has 4 heteroatoms. The van der Waals surface area contributed by atoms with E-state index < -0.39 is 6.10 Å². The largest absolute Gasteiger partial charge is 0.382 e. The molecule has 0 aliphatic rings. The van der Waals surface area contributed by atoms with Crippen LogP contribution in [-0.4, -0.2) is 35.2 Å². The lowest BCUT2D eigenvalue weighted by atomic mass is 10.00. The van der Waals surface area contributed by atoms with Crippen molar-refractivity contribution in [1.82, 2.24) is 10.6 Å². The van der Waals surface area contributed by atoms with Crippen LogP contribution in [0.15, 0.2) is 0 Å². The molecule has 3 N–H and O–H groups in total. The number of rotatable bonds is 6. The van der Waals surface area contributed by atoms with Crippen molar-refractivity contribution in [2.75, 3.05) is 6.54 Å². The Morgan fingerprint density at radius 2 is 1.88 bits per heavy atom. The first-order valence-electron chi connectivity index (χ1n) is 6.05. The first kappa shape index (κ1) is 15.4. The van der Waals surface area contributed by atoms with Crippen LogP contribution in [0.5, 0.6) is 0 Å². The molecule has 0 rings (SSSR count). The minimum atomic E-state index is -0.973. The molecule has 0 bridgehead atoms. The second kappa shape index (κ2) is 6.86. The molecule has 0 heterocycles. The smallest absolute Gasteiger partial charge is 0.250 e. The molecule has 0 aliphatic heterocycles. The monoisotopic (exact) mass is 230 g/mol. The van der Waals surface area contributed by atoms with Crippen LogP contribution in [0.25, 0.3) is 0 Å². The summed E-state index contributed by atoms with van der Waals surface area (Å²) in [4.78, 5) is 11.5. The van der Waals surface area contributed by atoms with E-state index in [1.807, 2.05) is 34.6 Å². The maximum Gasteiger partial charge on any atom is 0.250 e. The highest BCUT2D eigenvalue weighted by atomic mass is 16.3. The molecular weight excluding hydrogens is 204 g/mol. The Morgan fingerprint density at radius 1 is 1.31 bits per heavy atom. The minimum Gasteiger partial charge on any atom is -0.382 e. The van der Waals surface area contributed by atoms with Crippen LogP contribution in [0.4, 0.5) is 0 Å². The van der Waals surface area contributed by atoms with Gasteiger partial charge in [-0.15, -0.1) is 0 Å². The summed E-state index contributed by atoms with van der Waals surface area (Å²) in [6.45, 7) is 10.5. The number of aliphatic hydroxyl groups excluding tert-OH is 1. The summed E-state index contributed by atoms with van der Waals surface area (Å²) in [6.07, 6.45) is 0.749. The zero-order valence-corrected chi connectivity index (χ0v) is 11.1. The highest BCUT2D eigenvalue weighted by Crippen LogP contribution is 2.09. The van der Waals surface area contributed by atoms with Crippen LogP contribution in [0.2, 0.25) is 0 Å². The van der Waals surface area contributed by atoms with Crippen molar-refractivity contribution in [1.29, 1.82) is 0 Å². The molecule has 0 spiro atoms. The molecule has 1 amide bonds. The standard InChI is InChI=1S/C12H26N2O2/c1-6-8-9(14-12(3,4)5)10(15)11(16)13-7-2/h9-10,14-15H,6-8H2,1-5H3,(H,13,16). The first-order valence-corrected chi connectivity index (χ1v) is 6.05. The predicted molar refractivity (Wildman–Crippen MR) is 66.3 cm³/mol. The third-order valence-electron chi connectivity index (χ3n) is 2.22. The summed E-state index contributed by atoms with van der Waals surface area (Å²) in [5, 5.41) is 15.9. The third-order valence-corrected chi connectivity index (χ3v) is 2.22. The Morgan fingerprint density at radius 3 is 2.25 bits per heavy atom. The van der Waals surface area contributed by atoms with Crippen LogP contribution in [0, 0.1) is 0 Å². The van der Waals surface area contributed by atoms with Gasteiger partial charge in [-0.2, -0.15) is 0 Å². The molecule has 0 saturated carbocycles. The Labute approximate surface area is 98.8 Å². The van der Waals surface area contributed by atoms with Gasteiger partial charge in [-0.05, 0) is 34.1 Å². The van der Waals surface area contributed by atoms with Gasteiger partial charge in [0.15, 0.2) is 0 Å². The van der Waals surface area contributed by atoms with Gasteiger partial charge in [0, 0.05) is 18.1 Å². The molecule has 96 valence electrons. The maximum atomic E-state index is 11.5. The van der Waals surface area contributed by atoms with Crippen molar-refractivity contribution in [3.63, 3.8) is 0 Å². The summed E-state index contributed by atoms with van der Waals surface area (Å²) in [5.41, 5.74) is -0.104. The molecule has 0 aromatic rings. The number of carbonyl (C=O) groups excluding carboxylic acids is 1. The van der Waals surface area contributed by atoms with Gasteiger partial charge in [0.25, 0.3) is 0 Å². The molecule has 0 aromatic heterocycles. The number of amides is 1. The fraction of sp³-hybridized carbons (Fsp3) is 0.917. The second-order valence-electron chi connectivity index (χ2n) is 5.13. The molecule has 0 radical (unpaired) electrons. The van der Waals surface area contributed by atoms with Crippen molar-refractivity contribution < 1.29 is 9.90 Å². The molecule has 2 unspecified atom stereocenters. The van der Waals surface area contributed by atoms with Crippen molar-refractivity contribution in [3.05, 3.63) is 0 Å². The Balaban J connectivity index is 4.45. The van der Waals surface area contributed by atoms with Crippen molar-refractivity contribution in [2.45, 2.75) is 65.1 Å². The van der Waals surface area contributed by atoms with Crippen molar-refractivity contribution in [2.24, 2.45) is 0 Å². The third kappa shape index (κ3) is 6.08. The number of aliphatic hydroxyl groups is 1. The predicted octanol–water partition coefficient (Wildman–Crippen LogP) is 1.04. The molecule has 0 aromatic carbocycles. The van der Waals surface area contributed by atoms with E-state index in [1.54, 1.807) is 0 Å². The van der Waals surface area contributed by atoms with Crippen LogP contribution in [0.1, 0.15) is 47.5 Å². The summed E-state index contributed by atoms with van der Waals surface area (Å²) in [5.74, 6) is -0.294. The zero-order chi connectivity index (χ0) is 12.8. The number of likely N-dealkylation sites (N-methyl/N-ethyl adjacent to an activating group) is 1. The summed E-state index contributed by atoms with van der Waals surface area (Å²) in [7, 11) is 0. The van der Waals surface area contributed by atoms with Crippen LogP contribution in [-0.2, 0) is 4.79 Å². The molecule has 0 aliphatic carbocycles. The topological polar surface area (TPSA) is 61.4 Å². The van der Waals surface area contributed by atoms with Crippen molar-refractivity contribution >= 4 is 5.91 Å². The normalized spacial score (nSPS) is 15.6. The Kier molecular flexibility index (Phi) is 6.60. The van der Waals surface area contributed by atoms with Gasteiger partial charge in [0.05, 0.1) is 0 Å². The van der Waals surface area contributed by atoms with Crippen LogP contribution < -0.4 is 10.6 Å². The van der Waals surface area contributed by atoms with E-state index in [1.165, 1.54) is 0 Å². The van der Waals surface area contributed by atoms with Gasteiger partial charge in [-0.25, -0.2) is 0 Å². The number of nitrogens with one attached hydrogen (secondary N) is 2. The fourth-order valence-corrected chi connectivity index (χ4v) is 1.64. The van der Waals surface area contributed by atoms with E-state index in [2.05, 4.69) is 10.6 Å². The van der Waals surface area contributed by atoms with E-state index in [0.29, 0.717) is 6.54 Å². The van der Waals surface area contributed by atoms with E-state index in [9.17, 15) is 9.90 Å². The molecular formula is C12H26N2O2. The van der Waals surface area contributed by atoms with Gasteiger partial charge in [0.1, 0.15) is 6.10 Å². The summed E-state index contributed by atoms with van der Waals surface area (Å²) in [6, 6.07) is -0.184. The van der Waals surface area contributed by atoms with E-state index in [-0.39, 0.29) is 17.5 Å². The van der Waals surface area contributed by atoms with Gasteiger partial charge in [-0.3, -0.25) is 4.79 Å². The van der Waals surface area contributed by atoms with Crippen molar-refractivity contribution in [3.8, 4) is 0 Å². The first-order chi connectivity index (χ1) is 7.31. The lowest BCUT2D eigenvalue weighted by Crippen LogP contribution is -2.54. The maximum absolute atomic E-state index is 11.5. The quantitative estimate of drug-likeness (QED) is 0.639. The zero-order valence-electron chi connectivity index (χ0n) is 11.1. The molecule has 0 saturated heterocycles. The van der Waals surface area contributed by atoms with Crippen LogP contribution in [0.3, 0.4) is 0 Å². The van der Waals surface area contributed by atoms with Gasteiger partial charge in [0.2, 0.25) is 5.91 Å².